The van der Waals surface area contributed by atoms with Gasteiger partial charge >= 0.3 is 0 Å². The van der Waals surface area contributed by atoms with Gasteiger partial charge in [-0.1, -0.05) is 5.16 Å². The van der Waals surface area contributed by atoms with Crippen LogP contribution in [0, 0.1) is 0 Å². The third-order valence-electron chi connectivity index (χ3n) is 4.45. The van der Waals surface area contributed by atoms with Crippen molar-refractivity contribution in [3.63, 3.8) is 0 Å². The molecule has 0 radical (unpaired) electrons. The molecule has 0 N–H and O–H groups in total. The zero-order valence-electron chi connectivity index (χ0n) is 14.0. The molecular formula is C18H17N3O4. The van der Waals surface area contributed by atoms with E-state index >= 15 is 0 Å². The fourth-order valence-electron chi connectivity index (χ4n) is 3.14. The minimum atomic E-state index is -0.184. The molecule has 0 fully saturated rings. The molecule has 1 aromatic carbocycles. The highest BCUT2D eigenvalue weighted by atomic mass is 16.5. The number of benzene rings is 1. The summed E-state index contributed by atoms with van der Waals surface area (Å²) in [5.41, 5.74) is 2.64. The number of methoxy groups -OCH3 is 2. The largest absolute Gasteiger partial charge is 0.493 e. The van der Waals surface area contributed by atoms with Gasteiger partial charge in [-0.2, -0.15) is 0 Å². The second-order valence-electron chi connectivity index (χ2n) is 5.84. The van der Waals surface area contributed by atoms with Gasteiger partial charge in [0.2, 0.25) is 11.4 Å². The van der Waals surface area contributed by atoms with Crippen molar-refractivity contribution in [1.82, 2.24) is 15.0 Å². The summed E-state index contributed by atoms with van der Waals surface area (Å²) in [4.78, 5) is 18.7. The fourth-order valence-corrected chi connectivity index (χ4v) is 3.14. The van der Waals surface area contributed by atoms with E-state index in [9.17, 15) is 4.79 Å². The third-order valence-corrected chi connectivity index (χ3v) is 4.45. The average Bonchev–Trinajstić information content (AvgIpc) is 3.09. The summed E-state index contributed by atoms with van der Waals surface area (Å²) in [7, 11) is 3.22. The maximum Gasteiger partial charge on any atom is 0.293 e. The molecule has 0 atom stereocenters. The van der Waals surface area contributed by atoms with Gasteiger partial charge in [0.15, 0.2) is 11.5 Å². The minimum absolute atomic E-state index is 0.184. The van der Waals surface area contributed by atoms with E-state index in [1.54, 1.807) is 37.4 Å². The molecule has 128 valence electrons. The number of hydrogen-bond donors (Lipinski definition) is 0. The Bertz CT molecular complexity index is 951. The third kappa shape index (κ3) is 2.57. The first-order valence-corrected chi connectivity index (χ1v) is 7.94. The molecule has 25 heavy (non-hydrogen) atoms. The van der Waals surface area contributed by atoms with Crippen molar-refractivity contribution >= 4 is 16.9 Å². The summed E-state index contributed by atoms with van der Waals surface area (Å²) in [6, 6.07) is 7.45. The molecule has 4 rings (SSSR count). The van der Waals surface area contributed by atoms with E-state index in [-0.39, 0.29) is 11.7 Å². The number of aromatic nitrogens is 2. The standard InChI is InChI=1S/C18H17N3O4/c1-23-14-8-11-5-7-21(10-12(11)9-15(14)24-2)18(22)16-13-4-3-6-19-17(13)20-25-16/h3-4,6,8-9H,5,7,10H2,1-2H3. The summed E-state index contributed by atoms with van der Waals surface area (Å²) >= 11 is 0. The van der Waals surface area contributed by atoms with Gasteiger partial charge in [0.1, 0.15) is 0 Å². The summed E-state index contributed by atoms with van der Waals surface area (Å²) in [5, 5.41) is 4.49. The van der Waals surface area contributed by atoms with Crippen LogP contribution < -0.4 is 9.47 Å². The Morgan fingerprint density at radius 1 is 1.20 bits per heavy atom. The first-order chi connectivity index (χ1) is 12.2. The van der Waals surface area contributed by atoms with Crippen molar-refractivity contribution in [1.29, 1.82) is 0 Å². The van der Waals surface area contributed by atoms with Crippen LogP contribution in [0.4, 0.5) is 0 Å². The Labute approximate surface area is 144 Å². The lowest BCUT2D eigenvalue weighted by molar-refractivity contribution is 0.0695. The van der Waals surface area contributed by atoms with Gasteiger partial charge in [0.05, 0.1) is 19.6 Å². The first-order valence-electron chi connectivity index (χ1n) is 7.94. The van der Waals surface area contributed by atoms with Crippen LogP contribution in [0.5, 0.6) is 11.5 Å². The van der Waals surface area contributed by atoms with E-state index in [2.05, 4.69) is 10.1 Å². The van der Waals surface area contributed by atoms with Gasteiger partial charge < -0.3 is 18.9 Å². The molecule has 0 saturated carbocycles. The van der Waals surface area contributed by atoms with E-state index in [4.69, 9.17) is 14.0 Å². The molecule has 0 bridgehead atoms. The van der Waals surface area contributed by atoms with Crippen molar-refractivity contribution in [2.24, 2.45) is 0 Å². The number of carbonyl (C=O) groups excluding carboxylic acids is 1. The Balaban J connectivity index is 1.65. The predicted molar refractivity (Wildman–Crippen MR) is 89.8 cm³/mol. The normalized spacial score (nSPS) is 13.6. The van der Waals surface area contributed by atoms with E-state index in [1.165, 1.54) is 0 Å². The minimum Gasteiger partial charge on any atom is -0.493 e. The number of hydrogen-bond acceptors (Lipinski definition) is 6. The molecule has 0 unspecified atom stereocenters. The van der Waals surface area contributed by atoms with E-state index in [0.29, 0.717) is 35.6 Å². The van der Waals surface area contributed by atoms with Gasteiger partial charge in [0, 0.05) is 19.3 Å². The molecule has 1 aliphatic heterocycles. The van der Waals surface area contributed by atoms with E-state index in [1.807, 2.05) is 12.1 Å². The lowest BCUT2D eigenvalue weighted by atomic mass is 9.98. The zero-order valence-corrected chi connectivity index (χ0v) is 14.0. The molecule has 0 spiro atoms. The molecule has 7 heteroatoms. The summed E-state index contributed by atoms with van der Waals surface area (Å²) in [6.45, 7) is 1.08. The summed E-state index contributed by atoms with van der Waals surface area (Å²) < 4.78 is 16.0. The molecular weight excluding hydrogens is 322 g/mol. The molecule has 0 aliphatic carbocycles. The van der Waals surface area contributed by atoms with Gasteiger partial charge in [0.25, 0.3) is 5.91 Å². The zero-order chi connectivity index (χ0) is 17.4. The SMILES string of the molecule is COc1cc2c(cc1OC)CN(C(=O)c1onc3ncccc13)CC2. The lowest BCUT2D eigenvalue weighted by Crippen LogP contribution is -2.35. The average molecular weight is 339 g/mol. The van der Waals surface area contributed by atoms with Crippen molar-refractivity contribution in [2.75, 3.05) is 20.8 Å². The van der Waals surface area contributed by atoms with Crippen molar-refractivity contribution < 1.29 is 18.8 Å². The van der Waals surface area contributed by atoms with E-state index in [0.717, 1.165) is 17.5 Å². The van der Waals surface area contributed by atoms with Crippen LogP contribution in [0.15, 0.2) is 35.0 Å². The van der Waals surface area contributed by atoms with Crippen LogP contribution in [0.2, 0.25) is 0 Å². The maximum absolute atomic E-state index is 12.9. The van der Waals surface area contributed by atoms with Crippen LogP contribution in [0.25, 0.3) is 11.0 Å². The Hall–Kier alpha value is -3.09. The van der Waals surface area contributed by atoms with Crippen LogP contribution in [-0.2, 0) is 13.0 Å². The number of nitrogens with zero attached hydrogens (tertiary/aromatic N) is 3. The van der Waals surface area contributed by atoms with E-state index < -0.39 is 0 Å². The second-order valence-corrected chi connectivity index (χ2v) is 5.84. The number of fused-ring (bicyclic) bond motifs is 2. The van der Waals surface area contributed by atoms with Crippen LogP contribution in [-0.4, -0.2) is 41.7 Å². The highest BCUT2D eigenvalue weighted by Crippen LogP contribution is 2.33. The van der Waals surface area contributed by atoms with Crippen molar-refractivity contribution in [2.45, 2.75) is 13.0 Å². The van der Waals surface area contributed by atoms with Gasteiger partial charge in [-0.3, -0.25) is 4.79 Å². The first kappa shape index (κ1) is 15.4. The molecule has 1 aliphatic rings. The van der Waals surface area contributed by atoms with Crippen LogP contribution in [0.1, 0.15) is 21.7 Å². The molecule has 0 saturated heterocycles. The number of amides is 1. The molecule has 2 aromatic heterocycles. The molecule has 3 heterocycles. The number of rotatable bonds is 3. The maximum atomic E-state index is 12.9. The number of pyridine rings is 1. The van der Waals surface area contributed by atoms with Crippen LogP contribution in [0.3, 0.4) is 0 Å². The van der Waals surface area contributed by atoms with Gasteiger partial charge in [-0.05, 0) is 41.8 Å². The highest BCUT2D eigenvalue weighted by Gasteiger charge is 2.27. The Kier molecular flexibility index (Phi) is 3.76. The quantitative estimate of drug-likeness (QED) is 0.729. The number of ether oxygens (including phenoxy) is 2. The predicted octanol–water partition coefficient (Wildman–Crippen LogP) is 2.44. The topological polar surface area (TPSA) is 77.7 Å². The Morgan fingerprint density at radius 2 is 1.96 bits per heavy atom. The van der Waals surface area contributed by atoms with Crippen molar-refractivity contribution in [3.05, 3.63) is 47.3 Å². The smallest absolute Gasteiger partial charge is 0.293 e. The number of carbonyl (C=O) groups is 1. The Morgan fingerprint density at radius 3 is 2.72 bits per heavy atom. The highest BCUT2D eigenvalue weighted by molar-refractivity contribution is 6.02. The van der Waals surface area contributed by atoms with Gasteiger partial charge in [-0.25, -0.2) is 4.98 Å². The monoisotopic (exact) mass is 339 g/mol. The van der Waals surface area contributed by atoms with Crippen molar-refractivity contribution in [3.8, 4) is 11.5 Å². The fraction of sp³-hybridized carbons (Fsp3) is 0.278. The van der Waals surface area contributed by atoms with Gasteiger partial charge in [-0.15, -0.1) is 0 Å². The second kappa shape index (κ2) is 6.08. The summed E-state index contributed by atoms with van der Waals surface area (Å²) in [5.74, 6) is 1.40. The molecule has 1 amide bonds. The molecule has 7 nitrogen and oxygen atoms in total. The summed E-state index contributed by atoms with van der Waals surface area (Å²) in [6.07, 6.45) is 2.36. The lowest BCUT2D eigenvalue weighted by Gasteiger charge is -2.29. The molecule has 3 aromatic rings. The van der Waals surface area contributed by atoms with Crippen LogP contribution >= 0.6 is 0 Å².